The second kappa shape index (κ2) is 6.76. The lowest BCUT2D eigenvalue weighted by Gasteiger charge is -2.06. The van der Waals surface area contributed by atoms with Crippen LogP contribution in [0.5, 0.6) is 0 Å². The van der Waals surface area contributed by atoms with E-state index in [1.54, 1.807) is 29.9 Å². The second-order valence-electron chi connectivity index (χ2n) is 6.02. The molecule has 1 amide bonds. The number of aromatic amines is 1. The first-order valence-electron chi connectivity index (χ1n) is 7.92. The van der Waals surface area contributed by atoms with Gasteiger partial charge in [0.15, 0.2) is 0 Å². The Morgan fingerprint density at radius 3 is 2.92 bits per heavy atom. The van der Waals surface area contributed by atoms with Gasteiger partial charge in [0.2, 0.25) is 5.91 Å². The molecule has 0 aliphatic heterocycles. The molecule has 0 aromatic carbocycles. The molecule has 0 unspecified atom stereocenters. The standard InChI is InChI=1S/C17H19N5O3/c1-10(2)22-16-13(8-19-22)7-12(17(24)20-16)4-5-15(23)18-9-14-6-11(3)25-21-14/h4-8,10H,9H2,1-3H3,(H,18,23)(H,20,24)/b5-4+. The Hall–Kier alpha value is -3.16. The zero-order chi connectivity index (χ0) is 18.0. The molecule has 0 atom stereocenters. The van der Waals surface area contributed by atoms with Crippen molar-refractivity contribution in [1.29, 1.82) is 0 Å². The molecule has 0 bridgehead atoms. The maximum Gasteiger partial charge on any atom is 0.256 e. The molecule has 130 valence electrons. The van der Waals surface area contributed by atoms with Gasteiger partial charge in [0.25, 0.3) is 5.56 Å². The number of nitrogens with one attached hydrogen (secondary N) is 2. The fourth-order valence-corrected chi connectivity index (χ4v) is 2.44. The van der Waals surface area contributed by atoms with Crippen LogP contribution in [0.2, 0.25) is 0 Å². The lowest BCUT2D eigenvalue weighted by molar-refractivity contribution is -0.116. The summed E-state index contributed by atoms with van der Waals surface area (Å²) in [4.78, 5) is 26.9. The summed E-state index contributed by atoms with van der Waals surface area (Å²) in [5.41, 5.74) is 1.43. The van der Waals surface area contributed by atoms with Gasteiger partial charge in [-0.3, -0.25) is 9.59 Å². The Labute approximate surface area is 143 Å². The first kappa shape index (κ1) is 16.7. The molecule has 3 aromatic rings. The van der Waals surface area contributed by atoms with Crippen molar-refractivity contribution in [3.63, 3.8) is 0 Å². The molecule has 0 saturated carbocycles. The van der Waals surface area contributed by atoms with Gasteiger partial charge in [-0.1, -0.05) is 5.16 Å². The Morgan fingerprint density at radius 1 is 1.44 bits per heavy atom. The summed E-state index contributed by atoms with van der Waals surface area (Å²) in [5, 5.41) is 11.6. The van der Waals surface area contributed by atoms with Gasteiger partial charge in [-0.2, -0.15) is 5.10 Å². The molecule has 25 heavy (non-hydrogen) atoms. The lowest BCUT2D eigenvalue weighted by Crippen LogP contribution is -2.20. The zero-order valence-corrected chi connectivity index (χ0v) is 14.2. The number of carbonyl (C=O) groups is 1. The summed E-state index contributed by atoms with van der Waals surface area (Å²) in [7, 11) is 0. The van der Waals surface area contributed by atoms with Crippen molar-refractivity contribution >= 4 is 23.0 Å². The van der Waals surface area contributed by atoms with Crippen LogP contribution in [-0.4, -0.2) is 25.8 Å². The third-order valence-electron chi connectivity index (χ3n) is 3.65. The van der Waals surface area contributed by atoms with E-state index in [1.807, 2.05) is 13.8 Å². The number of amides is 1. The molecular formula is C17H19N5O3. The fraction of sp³-hybridized carbons (Fsp3) is 0.294. The van der Waals surface area contributed by atoms with Gasteiger partial charge in [-0.15, -0.1) is 0 Å². The number of aryl methyl sites for hydroxylation is 1. The maximum absolute atomic E-state index is 12.2. The zero-order valence-electron chi connectivity index (χ0n) is 14.2. The highest BCUT2D eigenvalue weighted by atomic mass is 16.5. The monoisotopic (exact) mass is 341 g/mol. The van der Waals surface area contributed by atoms with Gasteiger partial charge in [0.05, 0.1) is 12.7 Å². The predicted molar refractivity (Wildman–Crippen MR) is 92.9 cm³/mol. The maximum atomic E-state index is 12.2. The van der Waals surface area contributed by atoms with Crippen LogP contribution in [-0.2, 0) is 11.3 Å². The number of pyridine rings is 1. The Bertz CT molecular complexity index is 993. The molecule has 0 aliphatic rings. The molecule has 0 saturated heterocycles. The fourth-order valence-electron chi connectivity index (χ4n) is 2.44. The van der Waals surface area contributed by atoms with Gasteiger partial charge < -0.3 is 14.8 Å². The molecule has 8 nitrogen and oxygen atoms in total. The molecule has 0 spiro atoms. The molecule has 3 heterocycles. The van der Waals surface area contributed by atoms with E-state index in [0.29, 0.717) is 22.7 Å². The van der Waals surface area contributed by atoms with E-state index < -0.39 is 0 Å². The van der Waals surface area contributed by atoms with Crippen LogP contribution in [0.15, 0.2) is 33.7 Å². The van der Waals surface area contributed by atoms with Crippen LogP contribution in [0.4, 0.5) is 0 Å². The quantitative estimate of drug-likeness (QED) is 0.690. The van der Waals surface area contributed by atoms with E-state index in [1.165, 1.54) is 12.2 Å². The Morgan fingerprint density at radius 2 is 2.24 bits per heavy atom. The van der Waals surface area contributed by atoms with Crippen molar-refractivity contribution in [1.82, 2.24) is 25.2 Å². The molecule has 0 radical (unpaired) electrons. The highest BCUT2D eigenvalue weighted by Crippen LogP contribution is 2.15. The van der Waals surface area contributed by atoms with Crippen LogP contribution < -0.4 is 10.9 Å². The molecule has 3 aromatic heterocycles. The Balaban J connectivity index is 1.73. The first-order chi connectivity index (χ1) is 11.9. The summed E-state index contributed by atoms with van der Waals surface area (Å²) in [6, 6.07) is 3.60. The van der Waals surface area contributed by atoms with E-state index in [2.05, 4.69) is 20.6 Å². The normalized spacial score (nSPS) is 11.7. The third kappa shape index (κ3) is 3.68. The smallest absolute Gasteiger partial charge is 0.256 e. The van der Waals surface area contributed by atoms with Crippen molar-refractivity contribution in [3.05, 3.63) is 51.8 Å². The van der Waals surface area contributed by atoms with E-state index in [4.69, 9.17) is 4.52 Å². The van der Waals surface area contributed by atoms with Crippen molar-refractivity contribution < 1.29 is 9.32 Å². The topological polar surface area (TPSA) is 106 Å². The largest absolute Gasteiger partial charge is 0.361 e. The minimum atomic E-state index is -0.321. The summed E-state index contributed by atoms with van der Waals surface area (Å²) in [6.45, 7) is 6.01. The molecular weight excluding hydrogens is 322 g/mol. The van der Waals surface area contributed by atoms with Crippen LogP contribution in [0, 0.1) is 6.92 Å². The molecule has 3 rings (SSSR count). The molecule has 8 heteroatoms. The van der Waals surface area contributed by atoms with Gasteiger partial charge in [0.1, 0.15) is 17.1 Å². The van der Waals surface area contributed by atoms with Crippen LogP contribution >= 0.6 is 0 Å². The van der Waals surface area contributed by atoms with Crippen molar-refractivity contribution in [2.24, 2.45) is 0 Å². The third-order valence-corrected chi connectivity index (χ3v) is 3.65. The van der Waals surface area contributed by atoms with Crippen LogP contribution in [0.3, 0.4) is 0 Å². The summed E-state index contributed by atoms with van der Waals surface area (Å²) in [5.74, 6) is 0.361. The van der Waals surface area contributed by atoms with E-state index in [9.17, 15) is 9.59 Å². The van der Waals surface area contributed by atoms with Crippen LogP contribution in [0.25, 0.3) is 17.1 Å². The van der Waals surface area contributed by atoms with Crippen molar-refractivity contribution in [2.75, 3.05) is 0 Å². The average Bonchev–Trinajstić information content (AvgIpc) is 3.16. The number of nitrogens with zero attached hydrogens (tertiary/aromatic N) is 3. The number of fused-ring (bicyclic) bond motifs is 1. The van der Waals surface area contributed by atoms with Gasteiger partial charge >= 0.3 is 0 Å². The first-order valence-corrected chi connectivity index (χ1v) is 7.92. The molecule has 0 fully saturated rings. The number of aromatic nitrogens is 4. The van der Waals surface area contributed by atoms with Crippen molar-refractivity contribution in [2.45, 2.75) is 33.4 Å². The van der Waals surface area contributed by atoms with Crippen LogP contribution in [0.1, 0.15) is 36.9 Å². The van der Waals surface area contributed by atoms with E-state index in [-0.39, 0.29) is 24.1 Å². The predicted octanol–water partition coefficient (Wildman–Crippen LogP) is 1.93. The van der Waals surface area contributed by atoms with Gasteiger partial charge in [0, 0.05) is 29.1 Å². The number of hydrogen-bond acceptors (Lipinski definition) is 5. The van der Waals surface area contributed by atoms with Gasteiger partial charge in [-0.25, -0.2) is 4.68 Å². The second-order valence-corrected chi connectivity index (χ2v) is 6.02. The van der Waals surface area contributed by atoms with E-state index in [0.717, 1.165) is 5.39 Å². The van der Waals surface area contributed by atoms with Crippen molar-refractivity contribution in [3.8, 4) is 0 Å². The average molecular weight is 341 g/mol. The number of carbonyl (C=O) groups excluding carboxylic acids is 1. The minimum absolute atomic E-state index is 0.139. The summed E-state index contributed by atoms with van der Waals surface area (Å²) >= 11 is 0. The highest BCUT2D eigenvalue weighted by Gasteiger charge is 2.09. The summed E-state index contributed by atoms with van der Waals surface area (Å²) < 4.78 is 6.68. The molecule has 2 N–H and O–H groups in total. The van der Waals surface area contributed by atoms with E-state index >= 15 is 0 Å². The SMILES string of the molecule is Cc1cc(CNC(=O)/C=C/c2cc3cnn(C(C)C)c3[nH]c2=O)no1. The number of rotatable bonds is 5. The number of hydrogen-bond donors (Lipinski definition) is 2. The summed E-state index contributed by atoms with van der Waals surface area (Å²) in [6.07, 6.45) is 4.49. The Kier molecular flexibility index (Phi) is 4.51. The minimum Gasteiger partial charge on any atom is -0.361 e. The lowest BCUT2D eigenvalue weighted by atomic mass is 10.2. The number of H-pyrrole nitrogens is 1. The van der Waals surface area contributed by atoms with Gasteiger partial charge in [-0.05, 0) is 32.9 Å². The highest BCUT2D eigenvalue weighted by molar-refractivity contribution is 5.92. The molecule has 0 aliphatic carbocycles.